The lowest BCUT2D eigenvalue weighted by Gasteiger charge is -2.16. The molecule has 0 radical (unpaired) electrons. The van der Waals surface area contributed by atoms with Crippen molar-refractivity contribution >= 4 is 5.91 Å². The molecule has 0 unspecified atom stereocenters. The molecule has 0 aliphatic heterocycles. The fourth-order valence-electron chi connectivity index (χ4n) is 1.83. The predicted octanol–water partition coefficient (Wildman–Crippen LogP) is 1.70. The van der Waals surface area contributed by atoms with Crippen molar-refractivity contribution < 1.29 is 9.53 Å². The summed E-state index contributed by atoms with van der Waals surface area (Å²) >= 11 is 0. The molecule has 1 aromatic rings. The number of nitrogens with two attached hydrogens (primary N) is 1. The van der Waals surface area contributed by atoms with E-state index in [9.17, 15) is 4.79 Å². The van der Waals surface area contributed by atoms with Crippen LogP contribution in [0.25, 0.3) is 0 Å². The van der Waals surface area contributed by atoms with E-state index in [-0.39, 0.29) is 12.5 Å². The van der Waals surface area contributed by atoms with Gasteiger partial charge >= 0.3 is 0 Å². The van der Waals surface area contributed by atoms with Gasteiger partial charge in [-0.25, -0.2) is 0 Å². The molecule has 0 atom stereocenters. The van der Waals surface area contributed by atoms with Crippen LogP contribution in [0.4, 0.5) is 0 Å². The summed E-state index contributed by atoms with van der Waals surface area (Å²) in [6.07, 6.45) is 0. The molecule has 4 nitrogen and oxygen atoms in total. The highest BCUT2D eigenvalue weighted by Gasteiger charge is 2.11. The van der Waals surface area contributed by atoms with E-state index in [1.807, 2.05) is 13.0 Å². The Morgan fingerprint density at radius 2 is 2.11 bits per heavy atom. The standard InChI is InChI=1S/C14H22N2O2/c1-9(2)12-6-11(8-16-14(17)7-15)10(3)5-13(12)18-4/h5-6,9H,7-8,15H2,1-4H3,(H,16,17). The number of aryl methyl sites for hydroxylation is 1. The number of ether oxygens (including phenoxy) is 1. The minimum Gasteiger partial charge on any atom is -0.496 e. The molecule has 4 heteroatoms. The maximum atomic E-state index is 11.2. The van der Waals surface area contributed by atoms with Gasteiger partial charge in [-0.05, 0) is 41.7 Å². The minimum atomic E-state index is -0.142. The molecule has 0 heterocycles. The summed E-state index contributed by atoms with van der Waals surface area (Å²) < 4.78 is 5.38. The van der Waals surface area contributed by atoms with Crippen molar-refractivity contribution in [3.8, 4) is 5.75 Å². The SMILES string of the molecule is COc1cc(C)c(CNC(=O)CN)cc1C(C)C. The molecule has 1 aromatic carbocycles. The lowest BCUT2D eigenvalue weighted by Crippen LogP contribution is -2.30. The summed E-state index contributed by atoms with van der Waals surface area (Å²) in [6, 6.07) is 4.11. The Kier molecular flexibility index (Phi) is 5.16. The number of rotatable bonds is 5. The van der Waals surface area contributed by atoms with E-state index in [2.05, 4.69) is 25.2 Å². The third-order valence-electron chi connectivity index (χ3n) is 2.97. The lowest BCUT2D eigenvalue weighted by atomic mass is 9.96. The van der Waals surface area contributed by atoms with Gasteiger partial charge < -0.3 is 15.8 Å². The molecule has 0 aliphatic carbocycles. The van der Waals surface area contributed by atoms with E-state index in [1.54, 1.807) is 7.11 Å². The Labute approximate surface area is 109 Å². The Bertz CT molecular complexity index is 428. The highest BCUT2D eigenvalue weighted by Crippen LogP contribution is 2.29. The molecular weight excluding hydrogens is 228 g/mol. The molecule has 0 aromatic heterocycles. The van der Waals surface area contributed by atoms with Crippen LogP contribution in [0.5, 0.6) is 5.75 Å². The van der Waals surface area contributed by atoms with Gasteiger partial charge in [0.05, 0.1) is 13.7 Å². The third kappa shape index (κ3) is 3.47. The van der Waals surface area contributed by atoms with Crippen LogP contribution in [-0.4, -0.2) is 19.6 Å². The molecule has 0 spiro atoms. The monoisotopic (exact) mass is 250 g/mol. The van der Waals surface area contributed by atoms with Gasteiger partial charge in [-0.15, -0.1) is 0 Å². The molecule has 0 saturated carbocycles. The zero-order valence-corrected chi connectivity index (χ0v) is 11.5. The van der Waals surface area contributed by atoms with Crippen LogP contribution in [0, 0.1) is 6.92 Å². The van der Waals surface area contributed by atoms with Gasteiger partial charge in [0.25, 0.3) is 0 Å². The first-order valence-corrected chi connectivity index (χ1v) is 6.13. The van der Waals surface area contributed by atoms with Gasteiger partial charge in [0.2, 0.25) is 5.91 Å². The van der Waals surface area contributed by atoms with Crippen LogP contribution in [-0.2, 0) is 11.3 Å². The zero-order valence-electron chi connectivity index (χ0n) is 11.5. The molecule has 0 bridgehead atoms. The second kappa shape index (κ2) is 6.40. The van der Waals surface area contributed by atoms with E-state index in [0.29, 0.717) is 12.5 Å². The fourth-order valence-corrected chi connectivity index (χ4v) is 1.83. The first-order chi connectivity index (χ1) is 8.49. The summed E-state index contributed by atoms with van der Waals surface area (Å²) in [6.45, 7) is 6.78. The molecule has 0 fully saturated rings. The molecule has 0 saturated heterocycles. The van der Waals surface area contributed by atoms with Gasteiger partial charge in [0.15, 0.2) is 0 Å². The summed E-state index contributed by atoms with van der Waals surface area (Å²) in [4.78, 5) is 11.2. The van der Waals surface area contributed by atoms with Crippen molar-refractivity contribution in [2.45, 2.75) is 33.2 Å². The molecule has 1 rings (SSSR count). The van der Waals surface area contributed by atoms with E-state index in [0.717, 1.165) is 22.4 Å². The summed E-state index contributed by atoms with van der Waals surface area (Å²) in [5.74, 6) is 1.14. The summed E-state index contributed by atoms with van der Waals surface area (Å²) in [5.41, 5.74) is 8.62. The maximum absolute atomic E-state index is 11.2. The number of nitrogens with one attached hydrogen (secondary N) is 1. The van der Waals surface area contributed by atoms with Gasteiger partial charge in [-0.1, -0.05) is 13.8 Å². The summed E-state index contributed by atoms with van der Waals surface area (Å²) in [5, 5.41) is 2.79. The van der Waals surface area contributed by atoms with E-state index < -0.39 is 0 Å². The van der Waals surface area contributed by atoms with Crippen molar-refractivity contribution in [2.75, 3.05) is 13.7 Å². The maximum Gasteiger partial charge on any atom is 0.234 e. The van der Waals surface area contributed by atoms with E-state index in [4.69, 9.17) is 10.5 Å². The van der Waals surface area contributed by atoms with Gasteiger partial charge in [0, 0.05) is 6.54 Å². The first kappa shape index (κ1) is 14.5. The van der Waals surface area contributed by atoms with Crippen LogP contribution >= 0.6 is 0 Å². The number of hydrogen-bond acceptors (Lipinski definition) is 3. The van der Waals surface area contributed by atoms with Crippen LogP contribution in [0.15, 0.2) is 12.1 Å². The Morgan fingerprint density at radius 1 is 1.44 bits per heavy atom. The highest BCUT2D eigenvalue weighted by molar-refractivity contribution is 5.77. The minimum absolute atomic E-state index is 0.0201. The zero-order chi connectivity index (χ0) is 13.7. The van der Waals surface area contributed by atoms with Gasteiger partial charge in [0.1, 0.15) is 5.75 Å². The molecule has 18 heavy (non-hydrogen) atoms. The Hall–Kier alpha value is -1.55. The molecule has 0 aliphatic rings. The quantitative estimate of drug-likeness (QED) is 0.836. The van der Waals surface area contributed by atoms with E-state index in [1.165, 1.54) is 0 Å². The van der Waals surface area contributed by atoms with Gasteiger partial charge in [-0.3, -0.25) is 4.79 Å². The number of hydrogen-bond donors (Lipinski definition) is 2. The summed E-state index contributed by atoms with van der Waals surface area (Å²) in [7, 11) is 1.68. The third-order valence-corrected chi connectivity index (χ3v) is 2.97. The Morgan fingerprint density at radius 3 is 2.61 bits per heavy atom. The van der Waals surface area contributed by atoms with Crippen molar-refractivity contribution in [1.29, 1.82) is 0 Å². The first-order valence-electron chi connectivity index (χ1n) is 6.13. The predicted molar refractivity (Wildman–Crippen MR) is 72.7 cm³/mol. The van der Waals surface area contributed by atoms with Crippen molar-refractivity contribution in [1.82, 2.24) is 5.32 Å². The second-order valence-electron chi connectivity index (χ2n) is 4.66. The number of amides is 1. The average molecular weight is 250 g/mol. The molecule has 100 valence electrons. The number of carbonyl (C=O) groups excluding carboxylic acids is 1. The molecular formula is C14H22N2O2. The molecule has 1 amide bonds. The van der Waals surface area contributed by atoms with Gasteiger partial charge in [-0.2, -0.15) is 0 Å². The average Bonchev–Trinajstić information content (AvgIpc) is 2.35. The Balaban J connectivity index is 2.98. The number of methoxy groups -OCH3 is 1. The van der Waals surface area contributed by atoms with Crippen LogP contribution in [0.1, 0.15) is 36.5 Å². The topological polar surface area (TPSA) is 64.3 Å². The highest BCUT2D eigenvalue weighted by atomic mass is 16.5. The fraction of sp³-hybridized carbons (Fsp3) is 0.500. The molecule has 3 N–H and O–H groups in total. The van der Waals surface area contributed by atoms with Crippen molar-refractivity contribution in [3.05, 3.63) is 28.8 Å². The second-order valence-corrected chi connectivity index (χ2v) is 4.66. The van der Waals surface area contributed by atoms with Crippen LogP contribution < -0.4 is 15.8 Å². The van der Waals surface area contributed by atoms with Crippen LogP contribution in [0.3, 0.4) is 0 Å². The van der Waals surface area contributed by atoms with E-state index >= 15 is 0 Å². The van der Waals surface area contributed by atoms with Crippen LogP contribution in [0.2, 0.25) is 0 Å². The van der Waals surface area contributed by atoms with Crippen molar-refractivity contribution in [2.24, 2.45) is 5.73 Å². The normalized spacial score (nSPS) is 10.6. The smallest absolute Gasteiger partial charge is 0.234 e. The number of carbonyl (C=O) groups is 1. The van der Waals surface area contributed by atoms with Crippen molar-refractivity contribution in [3.63, 3.8) is 0 Å². The number of benzene rings is 1. The lowest BCUT2D eigenvalue weighted by molar-refractivity contribution is -0.119. The largest absolute Gasteiger partial charge is 0.496 e.